The van der Waals surface area contributed by atoms with Crippen LogP contribution in [-0.4, -0.2) is 27.1 Å². The fourth-order valence-electron chi connectivity index (χ4n) is 3.47. The molecule has 2 unspecified atom stereocenters. The molecular weight excluding hydrogens is 228 g/mol. The molecule has 2 fully saturated rings. The van der Waals surface area contributed by atoms with Gasteiger partial charge in [0.25, 0.3) is 10.1 Å². The minimum absolute atomic E-state index is 0.106. The number of fused-ring (bicyclic) bond motifs is 2. The van der Waals surface area contributed by atoms with Crippen molar-refractivity contribution in [2.24, 2.45) is 16.7 Å². The van der Waals surface area contributed by atoms with Gasteiger partial charge in [0.15, 0.2) is 0 Å². The first-order valence-corrected chi connectivity index (χ1v) is 7.14. The first-order valence-electron chi connectivity index (χ1n) is 5.57. The van der Waals surface area contributed by atoms with Gasteiger partial charge in [0, 0.05) is 6.42 Å². The van der Waals surface area contributed by atoms with Crippen molar-refractivity contribution in [2.75, 3.05) is 12.9 Å². The zero-order valence-corrected chi connectivity index (χ0v) is 10.8. The monoisotopic (exact) mass is 246 g/mol. The van der Waals surface area contributed by atoms with Crippen LogP contribution in [0.15, 0.2) is 0 Å². The van der Waals surface area contributed by atoms with E-state index in [-0.39, 0.29) is 17.0 Å². The Labute approximate surface area is 96.5 Å². The van der Waals surface area contributed by atoms with Crippen LogP contribution in [-0.2, 0) is 19.1 Å². The Kier molecular flexibility index (Phi) is 2.48. The summed E-state index contributed by atoms with van der Waals surface area (Å²) in [6, 6.07) is 0. The van der Waals surface area contributed by atoms with Crippen LogP contribution in [0.4, 0.5) is 0 Å². The van der Waals surface area contributed by atoms with E-state index in [0.29, 0.717) is 18.8 Å². The summed E-state index contributed by atoms with van der Waals surface area (Å²) in [6.07, 6.45) is 2.18. The Hall–Kier alpha value is -0.420. The Morgan fingerprint density at radius 2 is 2.06 bits per heavy atom. The van der Waals surface area contributed by atoms with Crippen LogP contribution in [0.25, 0.3) is 0 Å². The van der Waals surface area contributed by atoms with Crippen molar-refractivity contribution in [1.82, 2.24) is 0 Å². The second-order valence-corrected chi connectivity index (χ2v) is 7.27. The molecule has 92 valence electrons. The van der Waals surface area contributed by atoms with E-state index in [0.717, 1.165) is 13.5 Å². The summed E-state index contributed by atoms with van der Waals surface area (Å²) in [5.74, 6) is 0.292. The highest BCUT2D eigenvalue weighted by molar-refractivity contribution is 7.86. The number of hydrogen-bond acceptors (Lipinski definition) is 4. The fourth-order valence-corrected chi connectivity index (χ4v) is 4.87. The number of Topliss-reactive ketones (excluding diaryl/α,β-unsaturated/α-hetero) is 1. The number of carbonyl (C=O) groups is 1. The molecule has 0 aromatic rings. The first kappa shape index (κ1) is 12.0. The molecule has 0 aromatic carbocycles. The van der Waals surface area contributed by atoms with Crippen molar-refractivity contribution in [1.29, 1.82) is 0 Å². The van der Waals surface area contributed by atoms with Crippen LogP contribution in [0.3, 0.4) is 0 Å². The van der Waals surface area contributed by atoms with Crippen molar-refractivity contribution in [2.45, 2.75) is 33.1 Å². The predicted octanol–water partition coefficient (Wildman–Crippen LogP) is 1.36. The normalized spacial score (nSPS) is 36.9. The zero-order valence-electron chi connectivity index (χ0n) is 9.95. The Morgan fingerprint density at radius 1 is 1.44 bits per heavy atom. The average molecular weight is 246 g/mol. The standard InChI is InChI=1S/C11H18O4S/c1-10(2)8-4-5-11(10,9(12)6-8)7-16(13,14)15-3/h8H,4-7H2,1-3H3. The van der Waals surface area contributed by atoms with Gasteiger partial charge in [-0.15, -0.1) is 0 Å². The van der Waals surface area contributed by atoms with Gasteiger partial charge in [-0.1, -0.05) is 13.8 Å². The molecule has 5 heteroatoms. The highest BCUT2D eigenvalue weighted by Gasteiger charge is 2.65. The van der Waals surface area contributed by atoms with Crippen molar-refractivity contribution < 1.29 is 17.4 Å². The molecule has 2 aliphatic carbocycles. The molecule has 0 aromatic heterocycles. The minimum atomic E-state index is -3.57. The van der Waals surface area contributed by atoms with E-state index >= 15 is 0 Å². The third-order valence-electron chi connectivity index (χ3n) is 4.82. The van der Waals surface area contributed by atoms with Crippen LogP contribution in [0, 0.1) is 16.7 Å². The molecule has 2 bridgehead atoms. The largest absolute Gasteiger partial charge is 0.299 e. The summed E-state index contributed by atoms with van der Waals surface area (Å²) < 4.78 is 27.7. The van der Waals surface area contributed by atoms with E-state index in [1.165, 1.54) is 0 Å². The molecule has 2 aliphatic rings. The maximum atomic E-state index is 12.0. The topological polar surface area (TPSA) is 60.4 Å². The van der Waals surface area contributed by atoms with Gasteiger partial charge in [-0.2, -0.15) is 8.42 Å². The van der Waals surface area contributed by atoms with E-state index in [2.05, 4.69) is 4.18 Å². The van der Waals surface area contributed by atoms with E-state index in [9.17, 15) is 13.2 Å². The molecule has 2 rings (SSSR count). The number of ketones is 1. The van der Waals surface area contributed by atoms with Crippen LogP contribution in [0.2, 0.25) is 0 Å². The summed E-state index contributed by atoms with van der Waals surface area (Å²) >= 11 is 0. The maximum Gasteiger partial charge on any atom is 0.268 e. The quantitative estimate of drug-likeness (QED) is 0.705. The van der Waals surface area contributed by atoms with Crippen molar-refractivity contribution in [3.05, 3.63) is 0 Å². The van der Waals surface area contributed by atoms with Crippen LogP contribution >= 0.6 is 0 Å². The summed E-state index contributed by atoms with van der Waals surface area (Å²) in [5.41, 5.74) is -0.914. The van der Waals surface area contributed by atoms with Gasteiger partial charge in [0.2, 0.25) is 0 Å². The van der Waals surface area contributed by atoms with E-state index in [1.807, 2.05) is 13.8 Å². The van der Waals surface area contributed by atoms with Gasteiger partial charge >= 0.3 is 0 Å². The van der Waals surface area contributed by atoms with Crippen LogP contribution in [0.5, 0.6) is 0 Å². The third-order valence-corrected chi connectivity index (χ3v) is 6.17. The van der Waals surface area contributed by atoms with Gasteiger partial charge in [-0.3, -0.25) is 8.98 Å². The van der Waals surface area contributed by atoms with Crippen LogP contribution in [0.1, 0.15) is 33.1 Å². The first-order chi connectivity index (χ1) is 7.25. The summed E-state index contributed by atoms with van der Waals surface area (Å²) in [5, 5.41) is 0. The van der Waals surface area contributed by atoms with E-state index in [1.54, 1.807) is 0 Å². The second kappa shape index (κ2) is 3.29. The molecule has 16 heavy (non-hydrogen) atoms. The third kappa shape index (κ3) is 1.37. The lowest BCUT2D eigenvalue weighted by atomic mass is 9.70. The minimum Gasteiger partial charge on any atom is -0.299 e. The molecule has 0 N–H and O–H groups in total. The molecule has 0 radical (unpaired) electrons. The number of rotatable bonds is 3. The van der Waals surface area contributed by atoms with Crippen molar-refractivity contribution >= 4 is 15.9 Å². The SMILES string of the molecule is COS(=O)(=O)CC12CCC(CC1=O)C2(C)C. The maximum absolute atomic E-state index is 12.0. The molecular formula is C11H18O4S. The highest BCUT2D eigenvalue weighted by atomic mass is 32.2. The second-order valence-electron chi connectivity index (χ2n) is 5.54. The fraction of sp³-hybridized carbons (Fsp3) is 0.909. The molecule has 0 aliphatic heterocycles. The van der Waals surface area contributed by atoms with Crippen LogP contribution < -0.4 is 0 Å². The number of hydrogen-bond donors (Lipinski definition) is 0. The summed E-state index contributed by atoms with van der Waals surface area (Å²) in [4.78, 5) is 12.0. The molecule has 2 atom stereocenters. The highest BCUT2D eigenvalue weighted by Crippen LogP contribution is 2.64. The summed E-state index contributed by atoms with van der Waals surface area (Å²) in [7, 11) is -2.41. The van der Waals surface area contributed by atoms with Gasteiger partial charge in [-0.05, 0) is 24.2 Å². The Morgan fingerprint density at radius 3 is 2.44 bits per heavy atom. The van der Waals surface area contributed by atoms with Crippen molar-refractivity contribution in [3.8, 4) is 0 Å². The van der Waals surface area contributed by atoms with E-state index < -0.39 is 15.5 Å². The van der Waals surface area contributed by atoms with E-state index in [4.69, 9.17) is 0 Å². The Balaban J connectivity index is 2.40. The Bertz CT molecular complexity index is 423. The van der Waals surface area contributed by atoms with Gasteiger partial charge in [0.1, 0.15) is 5.78 Å². The lowest BCUT2D eigenvalue weighted by Gasteiger charge is -2.35. The molecule has 4 nitrogen and oxygen atoms in total. The zero-order chi connectivity index (χ0) is 12.2. The smallest absolute Gasteiger partial charge is 0.268 e. The lowest BCUT2D eigenvalue weighted by Crippen LogP contribution is -2.42. The molecule has 0 saturated heterocycles. The number of carbonyl (C=O) groups excluding carboxylic acids is 1. The molecule has 0 amide bonds. The van der Waals surface area contributed by atoms with Gasteiger partial charge in [-0.25, -0.2) is 0 Å². The van der Waals surface area contributed by atoms with Gasteiger partial charge < -0.3 is 0 Å². The average Bonchev–Trinajstić information content (AvgIpc) is 2.51. The molecule has 0 heterocycles. The van der Waals surface area contributed by atoms with Crippen molar-refractivity contribution in [3.63, 3.8) is 0 Å². The summed E-state index contributed by atoms with van der Waals surface area (Å²) in [6.45, 7) is 4.03. The predicted molar refractivity (Wildman–Crippen MR) is 59.4 cm³/mol. The lowest BCUT2D eigenvalue weighted by molar-refractivity contribution is -0.128. The molecule has 0 spiro atoms. The molecule has 2 saturated carbocycles. The van der Waals surface area contributed by atoms with Gasteiger partial charge in [0.05, 0.1) is 18.3 Å².